The molecule has 0 bridgehead atoms. The largest absolute Gasteiger partial charge is 0.497 e. The zero-order valence-electron chi connectivity index (χ0n) is 21.7. The van der Waals surface area contributed by atoms with Gasteiger partial charge >= 0.3 is 5.97 Å². The van der Waals surface area contributed by atoms with Gasteiger partial charge in [-0.05, 0) is 48.9 Å². The number of esters is 1. The summed E-state index contributed by atoms with van der Waals surface area (Å²) in [6.45, 7) is 2.32. The molecule has 5 rings (SSSR count). The lowest BCUT2D eigenvalue weighted by Gasteiger charge is -2.15. The van der Waals surface area contributed by atoms with E-state index in [1.54, 1.807) is 35.4 Å². The molecule has 0 saturated carbocycles. The van der Waals surface area contributed by atoms with Crippen LogP contribution in [0.5, 0.6) is 23.0 Å². The van der Waals surface area contributed by atoms with Crippen LogP contribution in [0.4, 0.5) is 0 Å². The molecular weight excluding hydrogens is 506 g/mol. The summed E-state index contributed by atoms with van der Waals surface area (Å²) in [7, 11) is 6.39. The van der Waals surface area contributed by atoms with Crippen LogP contribution < -0.4 is 18.9 Å². The van der Waals surface area contributed by atoms with Crippen molar-refractivity contribution in [3.63, 3.8) is 0 Å². The Bertz CT molecular complexity index is 1640. The average molecular weight is 534 g/mol. The van der Waals surface area contributed by atoms with Crippen LogP contribution in [-0.4, -0.2) is 54.3 Å². The summed E-state index contributed by atoms with van der Waals surface area (Å²) in [5.74, 6) is 1.98. The Morgan fingerprint density at radius 2 is 1.58 bits per heavy atom. The first-order valence-electron chi connectivity index (χ1n) is 11.9. The maximum atomic E-state index is 13.6. The number of ether oxygens (including phenoxy) is 5. The van der Waals surface area contributed by atoms with E-state index in [0.29, 0.717) is 40.8 Å². The number of aromatic nitrogens is 3. The fourth-order valence-corrected chi connectivity index (χ4v) is 5.17. The molecule has 0 aliphatic heterocycles. The summed E-state index contributed by atoms with van der Waals surface area (Å²) < 4.78 is 38.6. The summed E-state index contributed by atoms with van der Waals surface area (Å²) in [6, 6.07) is 15.1. The smallest absolute Gasteiger partial charge is 0.355 e. The minimum Gasteiger partial charge on any atom is -0.497 e. The highest BCUT2D eigenvalue weighted by Gasteiger charge is 2.28. The Morgan fingerprint density at radius 3 is 2.29 bits per heavy atom. The quantitative estimate of drug-likeness (QED) is 0.227. The fraction of sp³-hybridized carbons (Fsp3) is 0.250. The van der Waals surface area contributed by atoms with Crippen LogP contribution in [0.2, 0.25) is 0 Å². The Morgan fingerprint density at radius 1 is 0.842 bits per heavy atom. The molecule has 196 valence electrons. The predicted octanol–water partition coefficient (Wildman–Crippen LogP) is 5.57. The molecule has 0 amide bonds. The Hall–Kier alpha value is -4.31. The minimum absolute atomic E-state index is 0.226. The molecule has 0 radical (unpaired) electrons. The van der Waals surface area contributed by atoms with Crippen LogP contribution in [0, 0.1) is 0 Å². The Labute approximate surface area is 223 Å². The van der Waals surface area contributed by atoms with Crippen molar-refractivity contribution in [2.24, 2.45) is 0 Å². The lowest BCUT2D eigenvalue weighted by atomic mass is 10.0. The molecule has 5 aromatic rings. The van der Waals surface area contributed by atoms with E-state index in [-0.39, 0.29) is 6.61 Å². The molecule has 10 heteroatoms. The molecule has 2 heterocycles. The van der Waals surface area contributed by atoms with Crippen molar-refractivity contribution in [3.05, 3.63) is 59.8 Å². The molecule has 0 aliphatic rings. The van der Waals surface area contributed by atoms with E-state index in [9.17, 15) is 4.79 Å². The van der Waals surface area contributed by atoms with Crippen LogP contribution in [-0.2, 0) is 11.3 Å². The molecule has 0 unspecified atom stereocenters. The second-order valence-electron chi connectivity index (χ2n) is 8.40. The van der Waals surface area contributed by atoms with Gasteiger partial charge in [-0.2, -0.15) is 8.75 Å². The van der Waals surface area contributed by atoms with Crippen LogP contribution in [0.25, 0.3) is 33.1 Å². The minimum atomic E-state index is -0.449. The molecule has 3 aromatic carbocycles. The molecule has 0 fully saturated rings. The first-order valence-corrected chi connectivity index (χ1v) is 12.6. The van der Waals surface area contributed by atoms with Crippen molar-refractivity contribution >= 4 is 39.6 Å². The molecule has 0 saturated heterocycles. The fourth-order valence-electron chi connectivity index (χ4n) is 4.66. The molecule has 0 aliphatic carbocycles. The second-order valence-corrected chi connectivity index (χ2v) is 8.93. The maximum Gasteiger partial charge on any atom is 0.355 e. The average Bonchev–Trinajstić information content (AvgIpc) is 3.54. The van der Waals surface area contributed by atoms with Gasteiger partial charge in [-0.25, -0.2) is 4.79 Å². The monoisotopic (exact) mass is 533 g/mol. The maximum absolute atomic E-state index is 13.6. The molecule has 0 atom stereocenters. The van der Waals surface area contributed by atoms with Crippen molar-refractivity contribution in [2.75, 3.05) is 35.0 Å². The van der Waals surface area contributed by atoms with Crippen molar-refractivity contribution in [2.45, 2.75) is 13.5 Å². The summed E-state index contributed by atoms with van der Waals surface area (Å²) in [5.41, 5.74) is 5.04. The molecular formula is C28H27N3O6S. The third-order valence-corrected chi connectivity index (χ3v) is 6.95. The van der Waals surface area contributed by atoms with Gasteiger partial charge in [-0.15, -0.1) is 0 Å². The second kappa shape index (κ2) is 10.6. The van der Waals surface area contributed by atoms with Gasteiger partial charge in [0.25, 0.3) is 0 Å². The third-order valence-electron chi connectivity index (χ3n) is 6.40. The normalized spacial score (nSPS) is 11.1. The van der Waals surface area contributed by atoms with Gasteiger partial charge in [0.2, 0.25) is 0 Å². The summed E-state index contributed by atoms with van der Waals surface area (Å²) in [6.07, 6.45) is 0. The Balaban J connectivity index is 1.86. The standard InChI is InChI=1S/C28H27N3O6S/c1-6-37-28(32)27-26(16-7-9-20-21(12-16)30-38-29-20)19-13-24(35-4)25(36-5)14-22(19)31(27)15-17-11-18(33-2)8-10-23(17)34-3/h7-14H,6,15H2,1-5H3. The van der Waals surface area contributed by atoms with Crippen LogP contribution in [0.15, 0.2) is 48.5 Å². The molecule has 0 spiro atoms. The number of carbonyl (C=O) groups is 1. The molecule has 2 aromatic heterocycles. The van der Waals surface area contributed by atoms with E-state index in [1.165, 1.54) is 0 Å². The van der Waals surface area contributed by atoms with E-state index in [1.807, 2.05) is 53.1 Å². The van der Waals surface area contributed by atoms with Gasteiger partial charge < -0.3 is 28.3 Å². The number of fused-ring (bicyclic) bond motifs is 2. The van der Waals surface area contributed by atoms with E-state index >= 15 is 0 Å². The lowest BCUT2D eigenvalue weighted by molar-refractivity contribution is 0.0516. The number of hydrogen-bond donors (Lipinski definition) is 0. The Kier molecular flexibility index (Phi) is 7.06. The molecule has 9 nitrogen and oxygen atoms in total. The van der Waals surface area contributed by atoms with Crippen molar-refractivity contribution in [1.82, 2.24) is 13.3 Å². The zero-order valence-corrected chi connectivity index (χ0v) is 22.5. The van der Waals surface area contributed by atoms with Crippen LogP contribution >= 0.6 is 11.7 Å². The highest BCUT2D eigenvalue weighted by Crippen LogP contribution is 2.42. The number of benzene rings is 3. The van der Waals surface area contributed by atoms with Crippen LogP contribution in [0.3, 0.4) is 0 Å². The highest BCUT2D eigenvalue weighted by atomic mass is 32.1. The van der Waals surface area contributed by atoms with Gasteiger partial charge in [-0.3, -0.25) is 0 Å². The van der Waals surface area contributed by atoms with E-state index in [0.717, 1.165) is 44.8 Å². The molecule has 0 N–H and O–H groups in total. The van der Waals surface area contributed by atoms with Gasteiger partial charge in [0.05, 0.1) is 58.8 Å². The first kappa shape index (κ1) is 25.3. The van der Waals surface area contributed by atoms with Crippen molar-refractivity contribution < 1.29 is 28.5 Å². The van der Waals surface area contributed by atoms with Gasteiger partial charge in [0.1, 0.15) is 28.2 Å². The van der Waals surface area contributed by atoms with Gasteiger partial charge in [-0.1, -0.05) is 6.07 Å². The number of rotatable bonds is 9. The highest BCUT2D eigenvalue weighted by molar-refractivity contribution is 7.00. The van der Waals surface area contributed by atoms with Gasteiger partial charge in [0, 0.05) is 22.6 Å². The molecule has 38 heavy (non-hydrogen) atoms. The lowest BCUT2D eigenvalue weighted by Crippen LogP contribution is -2.14. The predicted molar refractivity (Wildman–Crippen MR) is 146 cm³/mol. The summed E-state index contributed by atoms with van der Waals surface area (Å²) >= 11 is 1.15. The number of carbonyl (C=O) groups excluding carboxylic acids is 1. The number of nitrogens with zero attached hydrogens (tertiary/aromatic N) is 3. The summed E-state index contributed by atoms with van der Waals surface area (Å²) in [5, 5.41) is 0.801. The number of hydrogen-bond acceptors (Lipinski definition) is 9. The van der Waals surface area contributed by atoms with E-state index in [2.05, 4.69) is 8.75 Å². The van der Waals surface area contributed by atoms with E-state index < -0.39 is 5.97 Å². The third kappa shape index (κ3) is 4.37. The first-order chi connectivity index (χ1) is 18.5. The number of methoxy groups -OCH3 is 4. The topological polar surface area (TPSA) is 93.9 Å². The SMILES string of the molecule is CCOC(=O)c1c(-c2ccc3nsnc3c2)c2cc(OC)c(OC)cc2n1Cc1cc(OC)ccc1OC. The van der Waals surface area contributed by atoms with Crippen LogP contribution in [0.1, 0.15) is 23.0 Å². The summed E-state index contributed by atoms with van der Waals surface area (Å²) in [4.78, 5) is 13.6. The van der Waals surface area contributed by atoms with Crippen molar-refractivity contribution in [1.29, 1.82) is 0 Å². The van der Waals surface area contributed by atoms with E-state index in [4.69, 9.17) is 23.7 Å². The van der Waals surface area contributed by atoms with Crippen molar-refractivity contribution in [3.8, 4) is 34.1 Å². The van der Waals surface area contributed by atoms with Gasteiger partial charge in [0.15, 0.2) is 11.5 Å². The zero-order chi connectivity index (χ0) is 26.8.